The van der Waals surface area contributed by atoms with Crippen molar-refractivity contribution in [2.75, 3.05) is 13.1 Å². The monoisotopic (exact) mass is 858 g/mol. The highest BCUT2D eigenvalue weighted by Crippen LogP contribution is 2.49. The van der Waals surface area contributed by atoms with E-state index in [4.69, 9.17) is 9.47 Å². The maximum Gasteiger partial charge on any atom is 0.308 e. The Labute approximate surface area is 374 Å². The molecule has 2 amide bonds. The number of amides is 2. The minimum Gasteiger partial charge on any atom is -0.481 e. The molecule has 1 aliphatic rings. The standard InChI is InChI=1S/C54H54N2O8/c57-51(55(35-15-13-21-39-17-5-1-6-18-39)37-41-27-31-45(32-28-41)63-43-23-9-3-10-24-43)47-48(50(54(61)62)49(47)53(59)60)52(58)56(36-16-14-22-40-19-7-2-8-20-40)38-42-29-33-46(34-30-42)64-44-25-11-4-12-26-44/h1-12,17-20,23-34,47-50H,13-16,21-22,35-38H2,(H,59,60)(H,61,62). The van der Waals surface area contributed by atoms with Crippen LogP contribution in [0.1, 0.15) is 47.9 Å². The molecule has 0 aromatic heterocycles. The van der Waals surface area contributed by atoms with E-state index in [1.54, 1.807) is 9.80 Å². The molecule has 4 atom stereocenters. The summed E-state index contributed by atoms with van der Waals surface area (Å²) >= 11 is 0. The summed E-state index contributed by atoms with van der Waals surface area (Å²) in [5, 5.41) is 21.1. The highest BCUT2D eigenvalue weighted by atomic mass is 16.5. The van der Waals surface area contributed by atoms with Gasteiger partial charge in [-0.2, -0.15) is 0 Å². The minimum atomic E-state index is -1.58. The SMILES string of the molecule is O=C(O)C1C(C(=O)O)C(C(=O)N(CCCCc2ccccc2)Cc2ccc(Oc3ccccc3)cc2)C1C(=O)N(CCCCc1ccccc1)Cc1ccc(Oc2ccccc2)cc1. The van der Waals surface area contributed by atoms with Crippen LogP contribution >= 0.6 is 0 Å². The lowest BCUT2D eigenvalue weighted by Crippen LogP contribution is -2.64. The predicted molar refractivity (Wildman–Crippen MR) is 245 cm³/mol. The summed E-state index contributed by atoms with van der Waals surface area (Å²) in [6, 6.07) is 53.5. The predicted octanol–water partition coefficient (Wildman–Crippen LogP) is 10.3. The van der Waals surface area contributed by atoms with E-state index in [0.717, 1.165) is 47.9 Å². The Morgan fingerprint density at radius 2 is 0.688 bits per heavy atom. The maximum absolute atomic E-state index is 14.9. The second-order valence-corrected chi connectivity index (χ2v) is 16.3. The molecule has 1 saturated carbocycles. The molecule has 7 rings (SSSR count). The van der Waals surface area contributed by atoms with E-state index < -0.39 is 47.4 Å². The zero-order valence-electron chi connectivity index (χ0n) is 35.8. The number of carbonyl (C=O) groups is 4. The van der Waals surface area contributed by atoms with Crippen LogP contribution in [0, 0.1) is 23.7 Å². The van der Waals surface area contributed by atoms with Gasteiger partial charge in [-0.15, -0.1) is 0 Å². The number of aliphatic carboxylic acids is 2. The zero-order chi connectivity index (χ0) is 44.7. The minimum absolute atomic E-state index is 0.137. The lowest BCUT2D eigenvalue weighted by Gasteiger charge is -2.48. The molecule has 328 valence electrons. The van der Waals surface area contributed by atoms with Crippen molar-refractivity contribution in [3.63, 3.8) is 0 Å². The molecule has 64 heavy (non-hydrogen) atoms. The van der Waals surface area contributed by atoms with Crippen LogP contribution in [-0.4, -0.2) is 56.9 Å². The van der Waals surface area contributed by atoms with Crippen LogP contribution in [0.5, 0.6) is 23.0 Å². The number of carbonyl (C=O) groups excluding carboxylic acids is 2. The van der Waals surface area contributed by atoms with Crippen LogP contribution in [0.4, 0.5) is 0 Å². The van der Waals surface area contributed by atoms with Gasteiger partial charge in [-0.25, -0.2) is 0 Å². The molecule has 10 nitrogen and oxygen atoms in total. The van der Waals surface area contributed by atoms with Gasteiger partial charge in [0.05, 0.1) is 23.7 Å². The first-order chi connectivity index (χ1) is 31.2. The highest BCUT2D eigenvalue weighted by Gasteiger charge is 2.64. The molecule has 0 saturated heterocycles. The smallest absolute Gasteiger partial charge is 0.308 e. The fraction of sp³-hybridized carbons (Fsp3) is 0.259. The second kappa shape index (κ2) is 22.2. The van der Waals surface area contributed by atoms with Gasteiger partial charge in [-0.05, 0) is 109 Å². The van der Waals surface area contributed by atoms with Crippen molar-refractivity contribution in [3.8, 4) is 23.0 Å². The van der Waals surface area contributed by atoms with E-state index in [0.29, 0.717) is 35.8 Å². The molecule has 6 aromatic carbocycles. The zero-order valence-corrected chi connectivity index (χ0v) is 35.8. The van der Waals surface area contributed by atoms with Crippen molar-refractivity contribution >= 4 is 23.8 Å². The molecular weight excluding hydrogens is 805 g/mol. The Kier molecular flexibility index (Phi) is 15.6. The van der Waals surface area contributed by atoms with Crippen molar-refractivity contribution in [2.45, 2.75) is 51.6 Å². The number of rotatable bonds is 22. The third-order valence-electron chi connectivity index (χ3n) is 11.8. The Morgan fingerprint density at radius 1 is 0.375 bits per heavy atom. The van der Waals surface area contributed by atoms with E-state index in [9.17, 15) is 29.4 Å². The van der Waals surface area contributed by atoms with Crippen molar-refractivity contribution in [2.24, 2.45) is 23.7 Å². The van der Waals surface area contributed by atoms with Crippen LogP contribution in [0.15, 0.2) is 170 Å². The Balaban J connectivity index is 1.14. The van der Waals surface area contributed by atoms with Crippen molar-refractivity contribution in [1.82, 2.24) is 9.80 Å². The Hall–Kier alpha value is -7.20. The first-order valence-corrected chi connectivity index (χ1v) is 22.0. The second-order valence-electron chi connectivity index (χ2n) is 16.3. The molecule has 0 radical (unpaired) electrons. The molecular formula is C54H54N2O8. The average molecular weight is 859 g/mol. The van der Waals surface area contributed by atoms with Gasteiger partial charge >= 0.3 is 11.9 Å². The summed E-state index contributed by atoms with van der Waals surface area (Å²) in [4.78, 5) is 59.0. The number of ether oxygens (including phenoxy) is 2. The van der Waals surface area contributed by atoms with Gasteiger partial charge in [0.2, 0.25) is 11.8 Å². The number of hydrogen-bond donors (Lipinski definition) is 2. The Bertz CT molecular complexity index is 2240. The number of aryl methyl sites for hydroxylation is 2. The van der Waals surface area contributed by atoms with Gasteiger partial charge in [0.25, 0.3) is 0 Å². The van der Waals surface area contributed by atoms with Crippen LogP contribution in [0.2, 0.25) is 0 Å². The number of benzene rings is 6. The van der Waals surface area contributed by atoms with Crippen molar-refractivity contribution in [1.29, 1.82) is 0 Å². The van der Waals surface area contributed by atoms with Crippen molar-refractivity contribution in [3.05, 3.63) is 192 Å². The van der Waals surface area contributed by atoms with E-state index in [-0.39, 0.29) is 26.2 Å². The number of carboxylic acids is 2. The van der Waals surface area contributed by atoms with E-state index in [1.165, 1.54) is 0 Å². The quantitative estimate of drug-likeness (QED) is 0.0645. The fourth-order valence-corrected chi connectivity index (χ4v) is 8.50. The summed E-state index contributed by atoms with van der Waals surface area (Å²) in [6.45, 7) is 0.849. The van der Waals surface area contributed by atoms with Gasteiger partial charge in [-0.1, -0.05) is 121 Å². The molecule has 6 aromatic rings. The molecule has 0 heterocycles. The molecule has 0 aliphatic heterocycles. The number of hydrogen-bond acceptors (Lipinski definition) is 6. The van der Waals surface area contributed by atoms with E-state index >= 15 is 0 Å². The van der Waals surface area contributed by atoms with Crippen LogP contribution in [0.3, 0.4) is 0 Å². The number of nitrogens with zero attached hydrogens (tertiary/aromatic N) is 2. The normalized spacial score (nSPS) is 16.5. The van der Waals surface area contributed by atoms with E-state index in [2.05, 4.69) is 24.3 Å². The lowest BCUT2D eigenvalue weighted by molar-refractivity contribution is -0.187. The Morgan fingerprint density at radius 3 is 1.02 bits per heavy atom. The summed E-state index contributed by atoms with van der Waals surface area (Å²) in [5.74, 6) is -7.26. The lowest BCUT2D eigenvalue weighted by atomic mass is 9.55. The van der Waals surface area contributed by atoms with Crippen LogP contribution < -0.4 is 9.47 Å². The fourth-order valence-electron chi connectivity index (χ4n) is 8.50. The molecule has 10 heteroatoms. The van der Waals surface area contributed by atoms with Gasteiger partial charge in [0.15, 0.2) is 0 Å². The van der Waals surface area contributed by atoms with Gasteiger partial charge < -0.3 is 29.5 Å². The molecule has 4 unspecified atom stereocenters. The molecule has 1 aliphatic carbocycles. The highest BCUT2D eigenvalue weighted by molar-refractivity contribution is 5.99. The summed E-state index contributed by atoms with van der Waals surface area (Å²) in [6.07, 6.45) is 4.32. The van der Waals surface area contributed by atoms with Gasteiger partial charge in [-0.3, -0.25) is 19.2 Å². The average Bonchev–Trinajstić information content (AvgIpc) is 3.30. The first kappa shape index (κ1) is 44.8. The molecule has 1 fully saturated rings. The van der Waals surface area contributed by atoms with Gasteiger partial charge in [0.1, 0.15) is 23.0 Å². The van der Waals surface area contributed by atoms with Crippen LogP contribution in [0.25, 0.3) is 0 Å². The maximum atomic E-state index is 14.9. The first-order valence-electron chi connectivity index (χ1n) is 22.0. The summed E-state index contributed by atoms with van der Waals surface area (Å²) in [7, 11) is 0. The van der Waals surface area contributed by atoms with E-state index in [1.807, 2.05) is 146 Å². The largest absolute Gasteiger partial charge is 0.481 e. The molecule has 0 spiro atoms. The third kappa shape index (κ3) is 12.0. The number of para-hydroxylation sites is 2. The van der Waals surface area contributed by atoms with Crippen molar-refractivity contribution < 1.29 is 38.9 Å². The molecule has 0 bridgehead atoms. The van der Waals surface area contributed by atoms with Crippen LogP contribution in [-0.2, 0) is 45.1 Å². The number of carboxylic acid groups (broad SMARTS) is 2. The summed E-state index contributed by atoms with van der Waals surface area (Å²) < 4.78 is 12.0. The van der Waals surface area contributed by atoms with Gasteiger partial charge in [0, 0.05) is 26.2 Å². The molecule has 2 N–H and O–H groups in total. The topological polar surface area (TPSA) is 134 Å². The third-order valence-corrected chi connectivity index (χ3v) is 11.8. The number of unbranched alkanes of at least 4 members (excludes halogenated alkanes) is 2. The summed E-state index contributed by atoms with van der Waals surface area (Å²) in [5.41, 5.74) is 3.88.